The van der Waals surface area contributed by atoms with Crippen molar-refractivity contribution in [2.45, 2.75) is 4.90 Å². The fourth-order valence-corrected chi connectivity index (χ4v) is 2.83. The number of halogens is 1. The number of phenolic OH excluding ortho intramolecular Hbond substituents is 1. The molecule has 1 aromatic rings. The highest BCUT2D eigenvalue weighted by molar-refractivity contribution is 7.86. The molecule has 0 atom stereocenters. The number of hydrogen-bond acceptors (Lipinski definition) is 7. The van der Waals surface area contributed by atoms with Gasteiger partial charge in [0.05, 0.1) is 18.8 Å². The summed E-state index contributed by atoms with van der Waals surface area (Å²) in [6.45, 7) is -0.634. The number of hydrogen-bond donors (Lipinski definition) is 4. The van der Waals surface area contributed by atoms with Gasteiger partial charge in [0, 0.05) is 11.1 Å². The Hall–Kier alpha value is -2.14. The predicted octanol–water partition coefficient (Wildman–Crippen LogP) is -0.0508. The van der Waals surface area contributed by atoms with Gasteiger partial charge in [0.15, 0.2) is 5.75 Å². The van der Waals surface area contributed by atoms with Crippen LogP contribution < -0.4 is 5.32 Å². The molecule has 0 radical (unpaired) electrons. The average molecular weight is 363 g/mol. The Morgan fingerprint density at radius 1 is 1.26 bits per heavy atom. The van der Waals surface area contributed by atoms with Crippen LogP contribution in [0.1, 0.15) is 0 Å². The van der Waals surface area contributed by atoms with Crippen molar-refractivity contribution in [2.24, 2.45) is 0 Å². The molecular formula is C12H11ClN2O7S. The maximum Gasteiger partial charge on any atom is 0.298 e. The fraction of sp³-hybridized carbons (Fsp3) is 0.167. The number of anilines is 1. The number of aromatic hydroxyl groups is 1. The van der Waals surface area contributed by atoms with Crippen LogP contribution in [-0.2, 0) is 19.7 Å². The summed E-state index contributed by atoms with van der Waals surface area (Å²) in [5, 5.41) is 20.9. The maximum absolute atomic E-state index is 12.0. The number of phenols is 1. The van der Waals surface area contributed by atoms with Crippen LogP contribution in [0.5, 0.6) is 5.75 Å². The van der Waals surface area contributed by atoms with Crippen molar-refractivity contribution < 1.29 is 32.8 Å². The smallest absolute Gasteiger partial charge is 0.298 e. The van der Waals surface area contributed by atoms with E-state index in [0.717, 1.165) is 23.1 Å². The van der Waals surface area contributed by atoms with E-state index in [1.165, 1.54) is 0 Å². The zero-order chi connectivity index (χ0) is 17.4. The van der Waals surface area contributed by atoms with E-state index in [9.17, 15) is 23.1 Å². The van der Waals surface area contributed by atoms with Gasteiger partial charge < -0.3 is 15.5 Å². The van der Waals surface area contributed by atoms with Gasteiger partial charge in [-0.05, 0) is 12.1 Å². The Labute approximate surface area is 135 Å². The number of rotatable bonds is 5. The number of carbonyl (C=O) groups excluding carboxylic acids is 2. The summed E-state index contributed by atoms with van der Waals surface area (Å²) in [6.07, 6.45) is 0.922. The van der Waals surface area contributed by atoms with E-state index in [2.05, 4.69) is 5.32 Å². The zero-order valence-corrected chi connectivity index (χ0v) is 12.9. The van der Waals surface area contributed by atoms with Gasteiger partial charge in [-0.25, -0.2) is 0 Å². The van der Waals surface area contributed by atoms with Crippen molar-refractivity contribution in [3.63, 3.8) is 0 Å². The van der Waals surface area contributed by atoms with Crippen LogP contribution in [0.25, 0.3) is 0 Å². The fourth-order valence-electron chi connectivity index (χ4n) is 1.92. The van der Waals surface area contributed by atoms with Gasteiger partial charge in [-0.1, -0.05) is 11.6 Å². The Morgan fingerprint density at radius 2 is 1.91 bits per heavy atom. The molecule has 0 bridgehead atoms. The number of nitrogens with one attached hydrogen (secondary N) is 1. The number of imide groups is 1. The lowest BCUT2D eigenvalue weighted by atomic mass is 10.2. The lowest BCUT2D eigenvalue weighted by Crippen LogP contribution is -2.34. The molecule has 0 aliphatic carbocycles. The molecule has 1 aliphatic rings. The molecule has 9 nitrogen and oxygen atoms in total. The Kier molecular flexibility index (Phi) is 4.61. The summed E-state index contributed by atoms with van der Waals surface area (Å²) in [6, 6.07) is 1.93. The van der Waals surface area contributed by atoms with Crippen molar-refractivity contribution in [3.8, 4) is 5.75 Å². The Bertz CT molecular complexity index is 819. The van der Waals surface area contributed by atoms with E-state index in [0.29, 0.717) is 0 Å². The van der Waals surface area contributed by atoms with E-state index < -0.39 is 39.2 Å². The van der Waals surface area contributed by atoms with Gasteiger partial charge in [0.25, 0.3) is 21.9 Å². The summed E-state index contributed by atoms with van der Waals surface area (Å²) < 4.78 is 31.4. The summed E-state index contributed by atoms with van der Waals surface area (Å²) in [5.41, 5.74) is -0.536. The highest BCUT2D eigenvalue weighted by Gasteiger charge is 2.31. The predicted molar refractivity (Wildman–Crippen MR) is 78.4 cm³/mol. The molecule has 0 aromatic heterocycles. The third-order valence-corrected chi connectivity index (χ3v) is 4.01. The summed E-state index contributed by atoms with van der Waals surface area (Å²) in [4.78, 5) is 23.5. The van der Waals surface area contributed by atoms with Crippen molar-refractivity contribution in [1.82, 2.24) is 4.90 Å². The first kappa shape index (κ1) is 17.2. The quantitative estimate of drug-likeness (QED) is 0.324. The molecule has 1 heterocycles. The number of β-amino-alcohol motifs (C(OH)–C–C–N with tert-alkyl or cyclic N) is 1. The molecule has 0 spiro atoms. The lowest BCUT2D eigenvalue weighted by Gasteiger charge is -2.14. The number of amides is 2. The van der Waals surface area contributed by atoms with Crippen molar-refractivity contribution in [1.29, 1.82) is 0 Å². The molecule has 11 heteroatoms. The second-order valence-electron chi connectivity index (χ2n) is 4.48. The zero-order valence-electron chi connectivity index (χ0n) is 11.4. The highest BCUT2D eigenvalue weighted by Crippen LogP contribution is 2.35. The van der Waals surface area contributed by atoms with Gasteiger partial charge in [-0.2, -0.15) is 8.42 Å². The maximum atomic E-state index is 12.0. The van der Waals surface area contributed by atoms with Crippen molar-refractivity contribution >= 4 is 39.2 Å². The topological polar surface area (TPSA) is 144 Å². The molecule has 4 N–H and O–H groups in total. The molecule has 0 saturated carbocycles. The minimum absolute atomic E-state index is 0.137. The molecule has 2 rings (SSSR count). The Morgan fingerprint density at radius 3 is 2.48 bits per heavy atom. The van der Waals surface area contributed by atoms with E-state index in [-0.39, 0.29) is 23.0 Å². The molecule has 0 fully saturated rings. The minimum Gasteiger partial charge on any atom is -0.504 e. The molecule has 2 amide bonds. The molecular weight excluding hydrogens is 352 g/mol. The third-order valence-electron chi connectivity index (χ3n) is 2.92. The van der Waals surface area contributed by atoms with Crippen molar-refractivity contribution in [2.75, 3.05) is 18.5 Å². The molecule has 1 aromatic carbocycles. The van der Waals surface area contributed by atoms with E-state index in [1.54, 1.807) is 0 Å². The molecule has 23 heavy (non-hydrogen) atoms. The number of benzene rings is 1. The molecule has 0 saturated heterocycles. The van der Waals surface area contributed by atoms with Crippen LogP contribution in [0, 0.1) is 0 Å². The molecule has 124 valence electrons. The monoisotopic (exact) mass is 362 g/mol. The summed E-state index contributed by atoms with van der Waals surface area (Å²) in [7, 11) is -4.75. The third kappa shape index (κ3) is 3.45. The average Bonchev–Trinajstić information content (AvgIpc) is 2.69. The van der Waals surface area contributed by atoms with Gasteiger partial charge in [0.1, 0.15) is 10.6 Å². The number of aliphatic hydroxyl groups excluding tert-OH is 1. The van der Waals surface area contributed by atoms with E-state index in [4.69, 9.17) is 21.3 Å². The number of aliphatic hydroxyl groups is 1. The van der Waals surface area contributed by atoms with Gasteiger partial charge >= 0.3 is 0 Å². The van der Waals surface area contributed by atoms with Crippen molar-refractivity contribution in [3.05, 3.63) is 28.9 Å². The second-order valence-corrected chi connectivity index (χ2v) is 6.30. The molecule has 1 aliphatic heterocycles. The first-order valence-electron chi connectivity index (χ1n) is 6.10. The first-order valence-corrected chi connectivity index (χ1v) is 7.92. The summed E-state index contributed by atoms with van der Waals surface area (Å²) >= 11 is 5.72. The number of nitrogens with zero attached hydrogens (tertiary/aromatic N) is 1. The normalized spacial score (nSPS) is 15.1. The first-order chi connectivity index (χ1) is 10.6. The SMILES string of the molecule is O=C1C=C(Nc2cc(Cl)cc(S(=O)(=O)O)c2O)C(=O)N1CCO. The molecule has 0 unspecified atom stereocenters. The van der Waals surface area contributed by atoms with Crippen LogP contribution >= 0.6 is 11.6 Å². The van der Waals surface area contributed by atoms with E-state index in [1.807, 2.05) is 0 Å². The van der Waals surface area contributed by atoms with E-state index >= 15 is 0 Å². The van der Waals surface area contributed by atoms with Gasteiger partial charge in [-0.15, -0.1) is 0 Å². The van der Waals surface area contributed by atoms with Gasteiger partial charge in [-0.3, -0.25) is 19.0 Å². The largest absolute Gasteiger partial charge is 0.504 e. The minimum atomic E-state index is -4.75. The van der Waals surface area contributed by atoms with Gasteiger partial charge in [0.2, 0.25) is 0 Å². The highest BCUT2D eigenvalue weighted by atomic mass is 35.5. The second kappa shape index (κ2) is 6.16. The van der Waals surface area contributed by atoms with Crippen LogP contribution in [-0.4, -0.2) is 53.0 Å². The lowest BCUT2D eigenvalue weighted by molar-refractivity contribution is -0.137. The van der Waals surface area contributed by atoms with Crippen LogP contribution in [0.4, 0.5) is 5.69 Å². The van der Waals surface area contributed by atoms with Crippen LogP contribution in [0.15, 0.2) is 28.8 Å². The number of carbonyl (C=O) groups is 2. The Balaban J connectivity index is 2.39. The summed E-state index contributed by atoms with van der Waals surface area (Å²) in [5.74, 6) is -2.31. The van der Waals surface area contributed by atoms with Crippen LogP contribution in [0.2, 0.25) is 5.02 Å². The van der Waals surface area contributed by atoms with Crippen LogP contribution in [0.3, 0.4) is 0 Å². The standard InChI is InChI=1S/C12H11ClN2O7S/c13-6-3-7(11(18)9(4-6)23(20,21)22)14-8-5-10(17)15(1-2-16)12(8)19/h3-5,14,16,18H,1-2H2,(H,20,21,22).